The second-order valence-electron chi connectivity index (χ2n) is 4.34. The normalized spacial score (nSPS) is 16.7. The summed E-state index contributed by atoms with van der Waals surface area (Å²) in [7, 11) is 1.69. The number of aliphatic hydroxyl groups is 4. The van der Waals surface area contributed by atoms with Crippen molar-refractivity contribution in [1.29, 1.82) is 0 Å². The van der Waals surface area contributed by atoms with Gasteiger partial charge in [-0.1, -0.05) is 18.2 Å². The van der Waals surface area contributed by atoms with Gasteiger partial charge in [0, 0.05) is 7.05 Å². The molecular formula is C13H20N4O4. The van der Waals surface area contributed by atoms with E-state index in [2.05, 4.69) is 10.2 Å². The van der Waals surface area contributed by atoms with Crippen LogP contribution in [0.3, 0.4) is 0 Å². The van der Waals surface area contributed by atoms with Gasteiger partial charge in [0.1, 0.15) is 24.0 Å². The van der Waals surface area contributed by atoms with Crippen molar-refractivity contribution in [3.05, 3.63) is 30.3 Å². The molecule has 0 spiro atoms. The predicted octanol–water partition coefficient (Wildman–Crippen LogP) is -1.50. The molecule has 0 aliphatic rings. The fraction of sp³-hybridized carbons (Fsp3) is 0.385. The smallest absolute Gasteiger partial charge is 0.128 e. The van der Waals surface area contributed by atoms with Crippen LogP contribution in [0.15, 0.2) is 40.5 Å². The second-order valence-corrected chi connectivity index (χ2v) is 4.34. The van der Waals surface area contributed by atoms with Gasteiger partial charge < -0.3 is 26.3 Å². The zero-order valence-electron chi connectivity index (χ0n) is 11.6. The number of hydrogen-bond donors (Lipinski definition) is 5. The van der Waals surface area contributed by atoms with Gasteiger partial charge in [0.15, 0.2) is 0 Å². The van der Waals surface area contributed by atoms with Gasteiger partial charge in [-0.05, 0) is 12.1 Å². The minimum atomic E-state index is -1.62. The molecule has 0 saturated heterocycles. The van der Waals surface area contributed by atoms with Crippen LogP contribution in [0.1, 0.15) is 0 Å². The highest BCUT2D eigenvalue weighted by Crippen LogP contribution is 2.10. The molecule has 0 saturated carbocycles. The Balaban J connectivity index is 2.76. The van der Waals surface area contributed by atoms with E-state index in [4.69, 9.17) is 10.9 Å². The first kappa shape index (κ1) is 17.1. The molecule has 0 amide bonds. The molecule has 0 aliphatic carbocycles. The summed E-state index contributed by atoms with van der Waals surface area (Å²) in [6.45, 7) is -0.697. The molecule has 8 nitrogen and oxygen atoms in total. The van der Waals surface area contributed by atoms with Crippen molar-refractivity contribution in [3.8, 4) is 0 Å². The average Bonchev–Trinajstić information content (AvgIpc) is 2.54. The lowest BCUT2D eigenvalue weighted by Crippen LogP contribution is -2.44. The standard InChI is InChI=1S/C13H20N4O4/c1-17(9-5-3-2-4-6-9)15-7-10(16-14)12(20)13(21)11(19)8-18/h2-7,11-13,18-21H,8,14H2,1H3/b15-7-,16-10+/t11-,12+,13+/m1/s1. The maximum absolute atomic E-state index is 9.82. The molecule has 3 atom stereocenters. The number of anilines is 1. The molecule has 0 unspecified atom stereocenters. The fourth-order valence-electron chi connectivity index (χ4n) is 1.54. The Morgan fingerprint density at radius 1 is 1.29 bits per heavy atom. The van der Waals surface area contributed by atoms with Crippen molar-refractivity contribution in [2.45, 2.75) is 18.3 Å². The Hall–Kier alpha value is -2.00. The molecule has 0 heterocycles. The van der Waals surface area contributed by atoms with Crippen molar-refractivity contribution in [3.63, 3.8) is 0 Å². The second kappa shape index (κ2) is 8.32. The summed E-state index contributed by atoms with van der Waals surface area (Å²) in [4.78, 5) is 0. The van der Waals surface area contributed by atoms with Gasteiger partial charge in [-0.3, -0.25) is 5.01 Å². The molecule has 6 N–H and O–H groups in total. The highest BCUT2D eigenvalue weighted by molar-refractivity contribution is 6.32. The summed E-state index contributed by atoms with van der Waals surface area (Å²) in [6.07, 6.45) is -3.52. The lowest BCUT2D eigenvalue weighted by atomic mass is 10.0. The van der Waals surface area contributed by atoms with Crippen LogP contribution in [-0.4, -0.2) is 64.3 Å². The van der Waals surface area contributed by atoms with Crippen molar-refractivity contribution < 1.29 is 20.4 Å². The van der Waals surface area contributed by atoms with Gasteiger partial charge in [0.2, 0.25) is 0 Å². The summed E-state index contributed by atoms with van der Waals surface area (Å²) in [6, 6.07) is 9.21. The van der Waals surface area contributed by atoms with E-state index < -0.39 is 24.9 Å². The van der Waals surface area contributed by atoms with Gasteiger partial charge in [-0.25, -0.2) is 0 Å². The Bertz CT molecular complexity index is 480. The first-order chi connectivity index (χ1) is 10.0. The van der Waals surface area contributed by atoms with Crippen LogP contribution < -0.4 is 10.9 Å². The molecule has 8 heteroatoms. The Kier molecular flexibility index (Phi) is 6.76. The highest BCUT2D eigenvalue weighted by Gasteiger charge is 2.27. The third kappa shape index (κ3) is 4.80. The Morgan fingerprint density at radius 2 is 1.90 bits per heavy atom. The van der Waals surface area contributed by atoms with Gasteiger partial charge in [-0.15, -0.1) is 0 Å². The van der Waals surface area contributed by atoms with Gasteiger partial charge in [0.25, 0.3) is 0 Å². The SMILES string of the molecule is CN(/N=C\C(=N/N)[C@H](O)[C@@H](O)[C@H](O)CO)c1ccccc1. The zero-order valence-corrected chi connectivity index (χ0v) is 11.6. The maximum Gasteiger partial charge on any atom is 0.128 e. The first-order valence-corrected chi connectivity index (χ1v) is 6.26. The van der Waals surface area contributed by atoms with Crippen molar-refractivity contribution in [2.24, 2.45) is 16.0 Å². The number of rotatable bonds is 7. The van der Waals surface area contributed by atoms with E-state index in [1.807, 2.05) is 30.3 Å². The first-order valence-electron chi connectivity index (χ1n) is 6.26. The van der Waals surface area contributed by atoms with E-state index in [9.17, 15) is 15.3 Å². The van der Waals surface area contributed by atoms with Crippen LogP contribution in [0.5, 0.6) is 0 Å². The van der Waals surface area contributed by atoms with Gasteiger partial charge >= 0.3 is 0 Å². The Labute approximate surface area is 122 Å². The number of hydrazone groups is 2. The minimum absolute atomic E-state index is 0.127. The lowest BCUT2D eigenvalue weighted by molar-refractivity contribution is -0.0549. The van der Waals surface area contributed by atoms with E-state index in [1.165, 1.54) is 11.2 Å². The number of nitrogens with zero attached hydrogens (tertiary/aromatic N) is 3. The summed E-state index contributed by atoms with van der Waals surface area (Å²) >= 11 is 0. The number of para-hydroxylation sites is 1. The lowest BCUT2D eigenvalue weighted by Gasteiger charge is -2.21. The molecule has 0 aliphatic heterocycles. The average molecular weight is 296 g/mol. The highest BCUT2D eigenvalue weighted by atomic mass is 16.4. The van der Waals surface area contributed by atoms with Gasteiger partial charge in [0.05, 0.1) is 18.5 Å². The molecule has 0 fully saturated rings. The molecule has 0 radical (unpaired) electrons. The van der Waals surface area contributed by atoms with Crippen LogP contribution in [-0.2, 0) is 0 Å². The van der Waals surface area contributed by atoms with Crippen LogP contribution in [0.25, 0.3) is 0 Å². The molecule has 21 heavy (non-hydrogen) atoms. The number of benzene rings is 1. The number of aliphatic hydroxyl groups excluding tert-OH is 4. The molecule has 1 aromatic carbocycles. The van der Waals surface area contributed by atoms with Crippen LogP contribution in [0.4, 0.5) is 5.69 Å². The summed E-state index contributed by atoms with van der Waals surface area (Å²) < 4.78 is 0. The minimum Gasteiger partial charge on any atom is -0.394 e. The van der Waals surface area contributed by atoms with Crippen molar-refractivity contribution >= 4 is 17.6 Å². The van der Waals surface area contributed by atoms with Crippen molar-refractivity contribution in [2.75, 3.05) is 18.7 Å². The van der Waals surface area contributed by atoms with E-state index in [-0.39, 0.29) is 5.71 Å². The summed E-state index contributed by atoms with van der Waals surface area (Å²) in [5, 5.41) is 46.3. The molecular weight excluding hydrogens is 276 g/mol. The summed E-state index contributed by atoms with van der Waals surface area (Å²) in [5.74, 6) is 5.14. The monoisotopic (exact) mass is 296 g/mol. The maximum atomic E-state index is 9.82. The molecule has 0 bridgehead atoms. The van der Waals surface area contributed by atoms with Gasteiger partial charge in [-0.2, -0.15) is 10.2 Å². The third-order valence-corrected chi connectivity index (χ3v) is 2.85. The zero-order chi connectivity index (χ0) is 15.8. The predicted molar refractivity (Wildman–Crippen MR) is 80.1 cm³/mol. The molecule has 1 aromatic rings. The van der Waals surface area contributed by atoms with Crippen molar-refractivity contribution in [1.82, 2.24) is 0 Å². The topological polar surface area (TPSA) is 135 Å². The Morgan fingerprint density at radius 3 is 2.43 bits per heavy atom. The molecule has 116 valence electrons. The number of hydrogen-bond acceptors (Lipinski definition) is 8. The van der Waals surface area contributed by atoms with Crippen LogP contribution in [0, 0.1) is 0 Å². The van der Waals surface area contributed by atoms with E-state index in [0.717, 1.165) is 5.69 Å². The van der Waals surface area contributed by atoms with E-state index >= 15 is 0 Å². The third-order valence-electron chi connectivity index (χ3n) is 2.85. The summed E-state index contributed by atoms with van der Waals surface area (Å²) in [5.41, 5.74) is 0.674. The van der Waals surface area contributed by atoms with E-state index in [0.29, 0.717) is 0 Å². The van der Waals surface area contributed by atoms with Crippen LogP contribution >= 0.6 is 0 Å². The largest absolute Gasteiger partial charge is 0.394 e. The van der Waals surface area contributed by atoms with E-state index in [1.54, 1.807) is 7.05 Å². The molecule has 0 aromatic heterocycles. The van der Waals surface area contributed by atoms with Crippen LogP contribution in [0.2, 0.25) is 0 Å². The number of nitrogens with two attached hydrogens (primary N) is 1. The quantitative estimate of drug-likeness (QED) is 0.236. The molecule has 1 rings (SSSR count). The fourth-order valence-corrected chi connectivity index (χ4v) is 1.54.